The number of piperazine rings is 1. The molecule has 7 heteroatoms. The number of likely N-dealkylation sites (N-methyl/N-ethyl adjacent to an activating group) is 1. The van der Waals surface area contributed by atoms with Gasteiger partial charge in [-0.2, -0.15) is 4.31 Å². The summed E-state index contributed by atoms with van der Waals surface area (Å²) in [4.78, 5) is 4.91. The molecule has 0 aliphatic carbocycles. The number of sulfonamides is 1. The fourth-order valence-electron chi connectivity index (χ4n) is 4.27. The van der Waals surface area contributed by atoms with Crippen molar-refractivity contribution in [3.05, 3.63) is 52.9 Å². The molecule has 0 radical (unpaired) electrons. The molecule has 5 nitrogen and oxygen atoms in total. The Morgan fingerprint density at radius 3 is 2.21 bits per heavy atom. The summed E-state index contributed by atoms with van der Waals surface area (Å²) in [5, 5.41) is 1.83. The Hall–Kier alpha value is -1.25. The molecule has 0 unspecified atom stereocenters. The zero-order chi connectivity index (χ0) is 20.3. The van der Waals surface area contributed by atoms with Crippen LogP contribution in [0, 0.1) is 5.92 Å². The largest absolute Gasteiger partial charge is 0.304 e. The zero-order valence-electron chi connectivity index (χ0n) is 17.2. The van der Waals surface area contributed by atoms with Crippen molar-refractivity contribution in [3.63, 3.8) is 0 Å². The van der Waals surface area contributed by atoms with Gasteiger partial charge >= 0.3 is 0 Å². The summed E-state index contributed by atoms with van der Waals surface area (Å²) in [5.41, 5.74) is 2.75. The molecule has 2 saturated heterocycles. The average molecular weight is 434 g/mol. The number of nitrogens with zero attached hydrogens (tertiary/aromatic N) is 3. The number of benzene rings is 1. The molecule has 2 fully saturated rings. The predicted molar refractivity (Wildman–Crippen MR) is 119 cm³/mol. The third-order valence-electron chi connectivity index (χ3n) is 6.21. The van der Waals surface area contributed by atoms with E-state index in [-0.39, 0.29) is 0 Å². The Bertz CT molecular complexity index is 865. The maximum absolute atomic E-state index is 12.7. The van der Waals surface area contributed by atoms with Crippen molar-refractivity contribution in [2.75, 3.05) is 46.3 Å². The molecule has 2 aromatic rings. The highest BCUT2D eigenvalue weighted by molar-refractivity contribution is 7.91. The van der Waals surface area contributed by atoms with Gasteiger partial charge in [0.05, 0.1) is 0 Å². The van der Waals surface area contributed by atoms with Gasteiger partial charge in [0, 0.05) is 45.8 Å². The third-order valence-corrected chi connectivity index (χ3v) is 9.48. The lowest BCUT2D eigenvalue weighted by Gasteiger charge is -2.32. The Labute approximate surface area is 179 Å². The molecule has 0 saturated carbocycles. The van der Waals surface area contributed by atoms with Gasteiger partial charge in [-0.25, -0.2) is 8.42 Å². The number of piperidine rings is 1. The molecule has 158 valence electrons. The molecule has 2 aliphatic rings. The van der Waals surface area contributed by atoms with Crippen molar-refractivity contribution in [3.8, 4) is 0 Å². The Kier molecular flexibility index (Phi) is 6.71. The van der Waals surface area contributed by atoms with Crippen LogP contribution in [0.5, 0.6) is 0 Å². The van der Waals surface area contributed by atoms with Crippen LogP contribution < -0.4 is 0 Å². The summed E-state index contributed by atoms with van der Waals surface area (Å²) in [6.07, 6.45) is 2.92. The first-order valence-electron chi connectivity index (χ1n) is 10.5. The summed E-state index contributed by atoms with van der Waals surface area (Å²) < 4.78 is 27.4. The maximum atomic E-state index is 12.7. The lowest BCUT2D eigenvalue weighted by Crippen LogP contribution is -2.43. The lowest BCUT2D eigenvalue weighted by atomic mass is 9.91. The van der Waals surface area contributed by atoms with E-state index in [2.05, 4.69) is 41.1 Å². The summed E-state index contributed by atoms with van der Waals surface area (Å²) in [7, 11) is -1.11. The Balaban J connectivity index is 1.26. The predicted octanol–water partition coefficient (Wildman–Crippen LogP) is 3.14. The molecule has 0 amide bonds. The fourth-order valence-corrected chi connectivity index (χ4v) is 6.88. The molecular formula is C22H31N3O2S2. The van der Waals surface area contributed by atoms with E-state index in [9.17, 15) is 8.42 Å². The van der Waals surface area contributed by atoms with Gasteiger partial charge in [-0.15, -0.1) is 11.3 Å². The first-order valence-corrected chi connectivity index (χ1v) is 12.8. The van der Waals surface area contributed by atoms with E-state index >= 15 is 0 Å². The van der Waals surface area contributed by atoms with Gasteiger partial charge in [0.1, 0.15) is 4.21 Å². The van der Waals surface area contributed by atoms with Gasteiger partial charge in [0.15, 0.2) is 0 Å². The first-order chi connectivity index (χ1) is 14.0. The topological polar surface area (TPSA) is 43.9 Å². The minimum atomic E-state index is -3.29. The Morgan fingerprint density at radius 2 is 1.59 bits per heavy atom. The van der Waals surface area contributed by atoms with Crippen molar-refractivity contribution in [1.82, 2.24) is 14.1 Å². The van der Waals surface area contributed by atoms with Gasteiger partial charge in [-0.1, -0.05) is 30.3 Å². The lowest BCUT2D eigenvalue weighted by molar-refractivity contribution is 0.148. The summed E-state index contributed by atoms with van der Waals surface area (Å²) in [6.45, 7) is 6.89. The van der Waals surface area contributed by atoms with Gasteiger partial charge in [0.2, 0.25) is 0 Å². The summed E-state index contributed by atoms with van der Waals surface area (Å²) in [6, 6.07) is 12.6. The second-order valence-electron chi connectivity index (χ2n) is 8.38. The van der Waals surface area contributed by atoms with Gasteiger partial charge < -0.3 is 4.90 Å². The van der Waals surface area contributed by atoms with Crippen LogP contribution in [0.2, 0.25) is 0 Å². The van der Waals surface area contributed by atoms with Crippen molar-refractivity contribution in [2.24, 2.45) is 5.92 Å². The van der Waals surface area contributed by atoms with Crippen LogP contribution in [0.4, 0.5) is 0 Å². The number of rotatable bonds is 6. The van der Waals surface area contributed by atoms with Crippen LogP contribution in [-0.4, -0.2) is 68.8 Å². The molecular weight excluding hydrogens is 402 g/mol. The fraction of sp³-hybridized carbons (Fsp3) is 0.545. The molecule has 1 aromatic carbocycles. The SMILES string of the molecule is CN1CCN(Cc2ccc(CC3CCN(S(=O)(=O)c4cccs4)CC3)cc2)CC1. The normalized spacial score (nSPS) is 20.9. The van der Waals surface area contributed by atoms with Gasteiger partial charge in [-0.3, -0.25) is 4.90 Å². The standard InChI is InChI=1S/C22H31N3O2S2/c1-23-12-14-24(15-13-23)18-21-6-4-19(5-7-21)17-20-8-10-25(11-9-20)29(26,27)22-3-2-16-28-22/h2-7,16,20H,8-15,17-18H2,1H3. The van der Waals surface area contributed by atoms with Crippen molar-refractivity contribution in [2.45, 2.75) is 30.0 Å². The van der Waals surface area contributed by atoms with Crippen molar-refractivity contribution < 1.29 is 8.42 Å². The maximum Gasteiger partial charge on any atom is 0.252 e. The number of hydrogen-bond acceptors (Lipinski definition) is 5. The van der Waals surface area contributed by atoms with Crippen LogP contribution in [0.1, 0.15) is 24.0 Å². The number of thiophene rings is 1. The van der Waals surface area contributed by atoms with Gasteiger partial charge in [0.25, 0.3) is 10.0 Å². The van der Waals surface area contributed by atoms with E-state index in [0.29, 0.717) is 23.2 Å². The average Bonchev–Trinajstić information content (AvgIpc) is 3.28. The van der Waals surface area contributed by atoms with Crippen molar-refractivity contribution in [1.29, 1.82) is 0 Å². The minimum Gasteiger partial charge on any atom is -0.304 e. The second kappa shape index (κ2) is 9.27. The smallest absolute Gasteiger partial charge is 0.252 e. The van der Waals surface area contributed by atoms with Gasteiger partial charge in [-0.05, 0) is 54.8 Å². The zero-order valence-corrected chi connectivity index (χ0v) is 18.8. The van der Waals surface area contributed by atoms with E-state index in [0.717, 1.165) is 52.0 Å². The summed E-state index contributed by atoms with van der Waals surface area (Å²) >= 11 is 1.31. The van der Waals surface area contributed by atoms with E-state index in [1.54, 1.807) is 16.4 Å². The van der Waals surface area contributed by atoms with Crippen LogP contribution in [0.3, 0.4) is 0 Å². The molecule has 0 spiro atoms. The van der Waals surface area contributed by atoms with E-state index in [4.69, 9.17) is 0 Å². The molecule has 1 aromatic heterocycles. The molecule has 0 atom stereocenters. The monoisotopic (exact) mass is 433 g/mol. The van der Waals surface area contributed by atoms with Crippen LogP contribution in [0.25, 0.3) is 0 Å². The minimum absolute atomic E-state index is 0.465. The highest BCUT2D eigenvalue weighted by atomic mass is 32.2. The van der Waals surface area contributed by atoms with Crippen molar-refractivity contribution >= 4 is 21.4 Å². The number of hydrogen-bond donors (Lipinski definition) is 0. The van der Waals surface area contributed by atoms with Crippen LogP contribution in [0.15, 0.2) is 46.0 Å². The molecule has 0 N–H and O–H groups in total. The van der Waals surface area contributed by atoms with E-state index in [1.165, 1.54) is 22.5 Å². The molecule has 29 heavy (non-hydrogen) atoms. The van der Waals surface area contributed by atoms with E-state index in [1.807, 2.05) is 5.38 Å². The van der Waals surface area contributed by atoms with Crippen LogP contribution in [-0.2, 0) is 23.0 Å². The molecule has 2 aliphatic heterocycles. The van der Waals surface area contributed by atoms with Crippen LogP contribution >= 0.6 is 11.3 Å². The molecule has 3 heterocycles. The summed E-state index contributed by atoms with van der Waals surface area (Å²) in [5.74, 6) is 0.563. The quantitative estimate of drug-likeness (QED) is 0.702. The highest BCUT2D eigenvalue weighted by Gasteiger charge is 2.30. The molecule has 4 rings (SSSR count). The van der Waals surface area contributed by atoms with E-state index < -0.39 is 10.0 Å². The highest BCUT2D eigenvalue weighted by Crippen LogP contribution is 2.28. The third kappa shape index (κ3) is 5.27. The molecule has 0 bridgehead atoms. The first kappa shape index (κ1) is 21.0. The second-order valence-corrected chi connectivity index (χ2v) is 11.5. The Morgan fingerprint density at radius 1 is 0.931 bits per heavy atom.